The molecule has 1 rings (SSSR count). The van der Waals surface area contributed by atoms with Gasteiger partial charge in [-0.25, -0.2) is 0 Å². The molecule has 0 aliphatic heterocycles. The number of likely N-dealkylation sites (N-methyl/N-ethyl adjacent to an activating group) is 1. The highest BCUT2D eigenvalue weighted by Gasteiger charge is 2.18. The highest BCUT2D eigenvalue weighted by Crippen LogP contribution is 2.14. The van der Waals surface area contributed by atoms with Gasteiger partial charge in [0.15, 0.2) is 0 Å². The van der Waals surface area contributed by atoms with Gasteiger partial charge in [-0.05, 0) is 25.2 Å². The lowest BCUT2D eigenvalue weighted by Crippen LogP contribution is -2.40. The Kier molecular flexibility index (Phi) is 6.48. The number of rotatable bonds is 6. The molecule has 0 spiro atoms. The molecule has 2 amide bonds. The van der Waals surface area contributed by atoms with Gasteiger partial charge in [-0.3, -0.25) is 9.59 Å². The fourth-order valence-electron chi connectivity index (χ4n) is 1.83. The third kappa shape index (κ3) is 5.19. The number of carbonyl (C=O) groups is 2. The third-order valence-corrected chi connectivity index (χ3v) is 3.03. The van der Waals surface area contributed by atoms with E-state index >= 15 is 0 Å². The van der Waals surface area contributed by atoms with Crippen LogP contribution in [0.15, 0.2) is 24.3 Å². The molecule has 0 fully saturated rings. The van der Waals surface area contributed by atoms with Crippen molar-refractivity contribution in [3.05, 3.63) is 29.3 Å². The number of carbonyl (C=O) groups excluding carboxylic acids is 2. The van der Waals surface area contributed by atoms with Gasteiger partial charge in [0, 0.05) is 30.2 Å². The van der Waals surface area contributed by atoms with E-state index in [9.17, 15) is 9.59 Å². The van der Waals surface area contributed by atoms with E-state index < -0.39 is 0 Å². The molecule has 0 radical (unpaired) electrons. The summed E-state index contributed by atoms with van der Waals surface area (Å²) in [5.74, 6) is -0.482. The van der Waals surface area contributed by atoms with Crippen LogP contribution < -0.4 is 10.6 Å². The van der Waals surface area contributed by atoms with E-state index in [1.807, 2.05) is 6.92 Å². The van der Waals surface area contributed by atoms with Crippen molar-refractivity contribution in [1.82, 2.24) is 10.2 Å². The van der Waals surface area contributed by atoms with Gasteiger partial charge in [0.1, 0.15) is 0 Å². The number of hydrogen-bond donors (Lipinski definition) is 2. The van der Waals surface area contributed by atoms with Crippen LogP contribution in [0, 0.1) is 5.92 Å². The van der Waals surface area contributed by atoms with E-state index in [0.717, 1.165) is 0 Å². The molecule has 5 nitrogen and oxygen atoms in total. The normalized spacial score (nSPS) is 11.8. The van der Waals surface area contributed by atoms with Crippen molar-refractivity contribution >= 4 is 29.1 Å². The SMILES string of the molecule is CNCC(C)C(=O)N(C)CC(=O)Nc1cccc(Cl)c1. The van der Waals surface area contributed by atoms with Crippen LogP contribution in [0.5, 0.6) is 0 Å². The maximum atomic E-state index is 12.0. The van der Waals surface area contributed by atoms with Crippen LogP contribution in [-0.4, -0.2) is 43.9 Å². The van der Waals surface area contributed by atoms with Crippen molar-refractivity contribution in [3.63, 3.8) is 0 Å². The molecule has 0 aliphatic carbocycles. The quantitative estimate of drug-likeness (QED) is 0.838. The predicted octanol–water partition coefficient (Wildman–Crippen LogP) is 1.59. The first-order valence-electron chi connectivity index (χ1n) is 6.39. The number of nitrogens with one attached hydrogen (secondary N) is 2. The van der Waals surface area contributed by atoms with E-state index in [4.69, 9.17) is 11.6 Å². The van der Waals surface area contributed by atoms with E-state index in [1.165, 1.54) is 4.90 Å². The standard InChI is InChI=1S/C14H20ClN3O2/c1-10(8-16-2)14(20)18(3)9-13(19)17-12-6-4-5-11(15)7-12/h4-7,10,16H,8-9H2,1-3H3,(H,17,19). The van der Waals surface area contributed by atoms with Gasteiger partial charge >= 0.3 is 0 Å². The first-order valence-corrected chi connectivity index (χ1v) is 6.76. The minimum Gasteiger partial charge on any atom is -0.336 e. The zero-order valence-corrected chi connectivity index (χ0v) is 12.7. The molecule has 0 aliphatic rings. The average molecular weight is 298 g/mol. The van der Waals surface area contributed by atoms with Crippen molar-refractivity contribution < 1.29 is 9.59 Å². The van der Waals surface area contributed by atoms with Gasteiger partial charge in [0.05, 0.1) is 6.54 Å². The van der Waals surface area contributed by atoms with Crippen molar-refractivity contribution in [3.8, 4) is 0 Å². The summed E-state index contributed by atoms with van der Waals surface area (Å²) in [5, 5.41) is 6.20. The molecule has 0 saturated carbocycles. The monoisotopic (exact) mass is 297 g/mol. The Labute approximate surface area is 124 Å². The Balaban J connectivity index is 2.51. The van der Waals surface area contributed by atoms with Crippen LogP contribution >= 0.6 is 11.6 Å². The van der Waals surface area contributed by atoms with Crippen LogP contribution in [0.4, 0.5) is 5.69 Å². The molecule has 0 bridgehead atoms. The van der Waals surface area contributed by atoms with Crippen LogP contribution in [0.2, 0.25) is 5.02 Å². The first-order chi connectivity index (χ1) is 9.43. The Morgan fingerprint density at radius 3 is 2.70 bits per heavy atom. The fraction of sp³-hybridized carbons (Fsp3) is 0.429. The van der Waals surface area contributed by atoms with Gasteiger partial charge in [-0.2, -0.15) is 0 Å². The van der Waals surface area contributed by atoms with Crippen LogP contribution in [-0.2, 0) is 9.59 Å². The number of anilines is 1. The largest absolute Gasteiger partial charge is 0.336 e. The zero-order chi connectivity index (χ0) is 15.1. The van der Waals surface area contributed by atoms with E-state index in [1.54, 1.807) is 38.4 Å². The molecule has 1 aromatic carbocycles. The minimum absolute atomic E-state index is 0.0133. The second-order valence-electron chi connectivity index (χ2n) is 4.71. The summed E-state index contributed by atoms with van der Waals surface area (Å²) in [7, 11) is 3.40. The summed E-state index contributed by atoms with van der Waals surface area (Å²) in [5.41, 5.74) is 0.617. The molecule has 0 heterocycles. The lowest BCUT2D eigenvalue weighted by atomic mass is 10.1. The van der Waals surface area contributed by atoms with E-state index in [0.29, 0.717) is 17.3 Å². The van der Waals surface area contributed by atoms with Crippen molar-refractivity contribution in [2.24, 2.45) is 5.92 Å². The first kappa shape index (κ1) is 16.5. The maximum absolute atomic E-state index is 12.0. The number of amides is 2. The summed E-state index contributed by atoms with van der Waals surface area (Å²) < 4.78 is 0. The zero-order valence-electron chi connectivity index (χ0n) is 11.9. The van der Waals surface area contributed by atoms with Crippen LogP contribution in [0.3, 0.4) is 0 Å². The number of hydrogen-bond acceptors (Lipinski definition) is 3. The summed E-state index contributed by atoms with van der Waals surface area (Å²) in [4.78, 5) is 25.2. The van der Waals surface area contributed by atoms with Gasteiger partial charge < -0.3 is 15.5 Å². The second-order valence-corrected chi connectivity index (χ2v) is 5.15. The molecular formula is C14H20ClN3O2. The Morgan fingerprint density at radius 1 is 1.40 bits per heavy atom. The van der Waals surface area contributed by atoms with Gasteiger partial charge in [-0.15, -0.1) is 0 Å². The number of nitrogens with zero attached hydrogens (tertiary/aromatic N) is 1. The minimum atomic E-state index is -0.250. The van der Waals surface area contributed by atoms with Crippen molar-refractivity contribution in [1.29, 1.82) is 0 Å². The van der Waals surface area contributed by atoms with E-state index in [-0.39, 0.29) is 24.3 Å². The molecule has 0 saturated heterocycles. The molecular weight excluding hydrogens is 278 g/mol. The summed E-state index contributed by atoms with van der Waals surface area (Å²) in [6.45, 7) is 2.42. The van der Waals surface area contributed by atoms with E-state index in [2.05, 4.69) is 10.6 Å². The third-order valence-electron chi connectivity index (χ3n) is 2.80. The summed E-state index contributed by atoms with van der Waals surface area (Å²) in [6, 6.07) is 6.88. The fourth-order valence-corrected chi connectivity index (χ4v) is 2.02. The highest BCUT2D eigenvalue weighted by molar-refractivity contribution is 6.30. The molecule has 1 atom stereocenters. The molecule has 110 valence electrons. The number of halogens is 1. The lowest BCUT2D eigenvalue weighted by Gasteiger charge is -2.20. The van der Waals surface area contributed by atoms with Crippen LogP contribution in [0.25, 0.3) is 0 Å². The molecule has 0 aromatic heterocycles. The Morgan fingerprint density at radius 2 is 2.10 bits per heavy atom. The van der Waals surface area contributed by atoms with Gasteiger partial charge in [0.25, 0.3) is 0 Å². The van der Waals surface area contributed by atoms with Gasteiger partial charge in [-0.1, -0.05) is 24.6 Å². The topological polar surface area (TPSA) is 61.4 Å². The molecule has 2 N–H and O–H groups in total. The average Bonchev–Trinajstić information content (AvgIpc) is 2.37. The van der Waals surface area contributed by atoms with Gasteiger partial charge in [0.2, 0.25) is 11.8 Å². The smallest absolute Gasteiger partial charge is 0.243 e. The molecule has 6 heteroatoms. The maximum Gasteiger partial charge on any atom is 0.243 e. The summed E-state index contributed by atoms with van der Waals surface area (Å²) >= 11 is 5.84. The number of benzene rings is 1. The van der Waals surface area contributed by atoms with Crippen LogP contribution in [0.1, 0.15) is 6.92 Å². The Bertz CT molecular complexity index is 479. The lowest BCUT2D eigenvalue weighted by molar-refractivity contribution is -0.136. The molecule has 1 unspecified atom stereocenters. The van der Waals surface area contributed by atoms with Crippen molar-refractivity contribution in [2.45, 2.75) is 6.92 Å². The molecule has 1 aromatic rings. The highest BCUT2D eigenvalue weighted by atomic mass is 35.5. The predicted molar refractivity (Wildman–Crippen MR) is 80.8 cm³/mol. The Hall–Kier alpha value is -1.59. The summed E-state index contributed by atoms with van der Waals surface area (Å²) in [6.07, 6.45) is 0. The second kappa shape index (κ2) is 7.87. The molecule has 20 heavy (non-hydrogen) atoms. The van der Waals surface area contributed by atoms with Crippen molar-refractivity contribution in [2.75, 3.05) is 32.5 Å².